The van der Waals surface area contributed by atoms with Gasteiger partial charge in [-0.2, -0.15) is 0 Å². The molecular weight excluding hydrogens is 248 g/mol. The molecule has 2 N–H and O–H groups in total. The SMILES string of the molecule is Cc1ncc(CCN(N)c2ccc(Cl)cc2)cn1. The van der Waals surface area contributed by atoms with Gasteiger partial charge >= 0.3 is 0 Å². The molecule has 1 heterocycles. The molecule has 2 aromatic rings. The number of aromatic nitrogens is 2. The fraction of sp³-hybridized carbons (Fsp3) is 0.231. The van der Waals surface area contributed by atoms with Crippen LogP contribution in [0.5, 0.6) is 0 Å². The summed E-state index contributed by atoms with van der Waals surface area (Å²) in [6.07, 6.45) is 4.47. The minimum atomic E-state index is 0.702. The predicted octanol–water partition coefficient (Wildman–Crippen LogP) is 2.36. The van der Waals surface area contributed by atoms with Crippen molar-refractivity contribution in [3.63, 3.8) is 0 Å². The van der Waals surface area contributed by atoms with Crippen LogP contribution in [0.1, 0.15) is 11.4 Å². The van der Waals surface area contributed by atoms with E-state index in [1.165, 1.54) is 0 Å². The van der Waals surface area contributed by atoms with Gasteiger partial charge in [0.2, 0.25) is 0 Å². The number of benzene rings is 1. The maximum Gasteiger partial charge on any atom is 0.125 e. The van der Waals surface area contributed by atoms with Gasteiger partial charge in [-0.25, -0.2) is 15.8 Å². The lowest BCUT2D eigenvalue weighted by atomic mass is 10.2. The van der Waals surface area contributed by atoms with Crippen LogP contribution < -0.4 is 10.9 Å². The molecule has 94 valence electrons. The molecule has 0 spiro atoms. The molecule has 18 heavy (non-hydrogen) atoms. The van der Waals surface area contributed by atoms with Crippen LogP contribution in [0, 0.1) is 6.92 Å². The fourth-order valence-electron chi connectivity index (χ4n) is 1.56. The quantitative estimate of drug-likeness (QED) is 0.679. The first-order valence-electron chi connectivity index (χ1n) is 5.70. The zero-order valence-corrected chi connectivity index (χ0v) is 10.9. The molecule has 1 aromatic carbocycles. The van der Waals surface area contributed by atoms with Crippen molar-refractivity contribution in [1.82, 2.24) is 9.97 Å². The average molecular weight is 263 g/mol. The van der Waals surface area contributed by atoms with Crippen molar-refractivity contribution in [2.75, 3.05) is 11.6 Å². The normalized spacial score (nSPS) is 10.4. The highest BCUT2D eigenvalue weighted by Crippen LogP contribution is 2.15. The second-order valence-corrected chi connectivity index (χ2v) is 4.49. The zero-order chi connectivity index (χ0) is 13.0. The van der Waals surface area contributed by atoms with E-state index in [9.17, 15) is 0 Å². The summed E-state index contributed by atoms with van der Waals surface area (Å²) < 4.78 is 0. The standard InChI is InChI=1S/C13H15ClN4/c1-10-16-8-11(9-17-10)6-7-18(15)13-4-2-12(14)3-5-13/h2-5,8-9H,6-7,15H2,1H3. The molecule has 0 saturated carbocycles. The van der Waals surface area contributed by atoms with Crippen molar-refractivity contribution in [1.29, 1.82) is 0 Å². The van der Waals surface area contributed by atoms with E-state index >= 15 is 0 Å². The van der Waals surface area contributed by atoms with Gasteiger partial charge in [0.25, 0.3) is 0 Å². The smallest absolute Gasteiger partial charge is 0.125 e. The van der Waals surface area contributed by atoms with Gasteiger partial charge in [-0.05, 0) is 43.2 Å². The molecule has 0 aliphatic carbocycles. The second kappa shape index (κ2) is 5.80. The van der Waals surface area contributed by atoms with Crippen LogP contribution in [0.3, 0.4) is 0 Å². The highest BCUT2D eigenvalue weighted by molar-refractivity contribution is 6.30. The lowest BCUT2D eigenvalue weighted by Crippen LogP contribution is -2.32. The first-order chi connectivity index (χ1) is 8.65. The van der Waals surface area contributed by atoms with E-state index in [-0.39, 0.29) is 0 Å². The summed E-state index contributed by atoms with van der Waals surface area (Å²) in [7, 11) is 0. The Balaban J connectivity index is 1.93. The molecule has 0 aliphatic heterocycles. The van der Waals surface area contributed by atoms with Gasteiger partial charge in [0.05, 0.1) is 5.69 Å². The highest BCUT2D eigenvalue weighted by atomic mass is 35.5. The molecule has 0 bridgehead atoms. The molecular formula is C13H15ClN4. The monoisotopic (exact) mass is 262 g/mol. The number of hydrazine groups is 1. The van der Waals surface area contributed by atoms with Gasteiger partial charge in [0.1, 0.15) is 5.82 Å². The Hall–Kier alpha value is -1.65. The summed E-state index contributed by atoms with van der Waals surface area (Å²) in [4.78, 5) is 8.31. The summed E-state index contributed by atoms with van der Waals surface area (Å²) in [5, 5.41) is 2.40. The van der Waals surface area contributed by atoms with Crippen molar-refractivity contribution in [3.05, 3.63) is 53.1 Å². The van der Waals surface area contributed by atoms with Crippen LogP contribution in [0.25, 0.3) is 0 Å². The van der Waals surface area contributed by atoms with E-state index in [1.54, 1.807) is 5.01 Å². The fourth-order valence-corrected chi connectivity index (χ4v) is 1.69. The van der Waals surface area contributed by atoms with E-state index in [0.29, 0.717) is 11.6 Å². The number of halogens is 1. The Morgan fingerprint density at radius 2 is 1.78 bits per heavy atom. The Bertz CT molecular complexity index is 495. The Labute approximate surface area is 111 Å². The predicted molar refractivity (Wildman–Crippen MR) is 73.5 cm³/mol. The summed E-state index contributed by atoms with van der Waals surface area (Å²) >= 11 is 5.83. The van der Waals surface area contributed by atoms with Gasteiger partial charge in [0.15, 0.2) is 0 Å². The minimum Gasteiger partial charge on any atom is -0.311 e. The number of nitrogens with two attached hydrogens (primary N) is 1. The van der Waals surface area contributed by atoms with Crippen LogP contribution >= 0.6 is 11.6 Å². The van der Waals surface area contributed by atoms with Gasteiger partial charge < -0.3 is 5.01 Å². The Kier molecular flexibility index (Phi) is 4.12. The van der Waals surface area contributed by atoms with Crippen molar-refractivity contribution >= 4 is 17.3 Å². The number of aryl methyl sites for hydroxylation is 1. The van der Waals surface area contributed by atoms with Crippen molar-refractivity contribution in [3.8, 4) is 0 Å². The average Bonchev–Trinajstić information content (AvgIpc) is 2.38. The minimum absolute atomic E-state index is 0.702. The third-order valence-corrected chi connectivity index (χ3v) is 2.89. The van der Waals surface area contributed by atoms with Gasteiger partial charge in [-0.1, -0.05) is 11.6 Å². The number of nitrogens with zero attached hydrogens (tertiary/aromatic N) is 3. The maximum absolute atomic E-state index is 5.97. The van der Waals surface area contributed by atoms with Crippen molar-refractivity contribution < 1.29 is 0 Å². The third kappa shape index (κ3) is 3.42. The first kappa shape index (κ1) is 12.8. The van der Waals surface area contributed by atoms with Gasteiger partial charge in [-0.15, -0.1) is 0 Å². The van der Waals surface area contributed by atoms with Gasteiger partial charge in [0, 0.05) is 24.0 Å². The van der Waals surface area contributed by atoms with Crippen LogP contribution in [-0.2, 0) is 6.42 Å². The van der Waals surface area contributed by atoms with Gasteiger partial charge in [-0.3, -0.25) is 0 Å². The Morgan fingerprint density at radius 1 is 1.17 bits per heavy atom. The van der Waals surface area contributed by atoms with E-state index in [0.717, 1.165) is 23.5 Å². The first-order valence-corrected chi connectivity index (χ1v) is 6.08. The van der Waals surface area contributed by atoms with E-state index in [1.807, 2.05) is 43.6 Å². The molecule has 0 unspecified atom stereocenters. The number of hydrogen-bond acceptors (Lipinski definition) is 4. The third-order valence-electron chi connectivity index (χ3n) is 2.63. The molecule has 2 rings (SSSR count). The van der Waals surface area contributed by atoms with Crippen molar-refractivity contribution in [2.24, 2.45) is 5.84 Å². The summed E-state index contributed by atoms with van der Waals surface area (Å²) in [5.41, 5.74) is 2.01. The van der Waals surface area contributed by atoms with Crippen LogP contribution in [0.4, 0.5) is 5.69 Å². The number of rotatable bonds is 4. The molecule has 0 saturated heterocycles. The molecule has 0 amide bonds. The lowest BCUT2D eigenvalue weighted by Gasteiger charge is -2.18. The van der Waals surface area contributed by atoms with E-state index < -0.39 is 0 Å². The lowest BCUT2D eigenvalue weighted by molar-refractivity contribution is 0.814. The largest absolute Gasteiger partial charge is 0.311 e. The molecule has 1 aromatic heterocycles. The Morgan fingerprint density at radius 3 is 2.39 bits per heavy atom. The van der Waals surface area contributed by atoms with Crippen LogP contribution in [-0.4, -0.2) is 16.5 Å². The number of hydrogen-bond donors (Lipinski definition) is 1. The molecule has 0 radical (unpaired) electrons. The summed E-state index contributed by atoms with van der Waals surface area (Å²) in [5.74, 6) is 6.75. The molecule has 4 nitrogen and oxygen atoms in total. The molecule has 0 aliphatic rings. The van der Waals surface area contributed by atoms with Crippen LogP contribution in [0.2, 0.25) is 5.02 Å². The zero-order valence-electron chi connectivity index (χ0n) is 10.2. The summed E-state index contributed by atoms with van der Waals surface area (Å²) in [6, 6.07) is 7.44. The van der Waals surface area contributed by atoms with Crippen LogP contribution in [0.15, 0.2) is 36.7 Å². The molecule has 0 atom stereocenters. The second-order valence-electron chi connectivity index (χ2n) is 4.06. The van der Waals surface area contributed by atoms with E-state index in [2.05, 4.69) is 9.97 Å². The van der Waals surface area contributed by atoms with E-state index in [4.69, 9.17) is 17.4 Å². The summed E-state index contributed by atoms with van der Waals surface area (Å²) in [6.45, 7) is 2.57. The molecule has 5 heteroatoms. The topological polar surface area (TPSA) is 55.0 Å². The maximum atomic E-state index is 5.97. The highest BCUT2D eigenvalue weighted by Gasteiger charge is 2.02. The van der Waals surface area contributed by atoms with Crippen molar-refractivity contribution in [2.45, 2.75) is 13.3 Å². The number of anilines is 1. The molecule has 0 fully saturated rings.